The summed E-state index contributed by atoms with van der Waals surface area (Å²) in [5.74, 6) is 1.98. The van der Waals surface area contributed by atoms with Crippen molar-refractivity contribution in [2.24, 2.45) is 0 Å². The van der Waals surface area contributed by atoms with Gasteiger partial charge in [0.2, 0.25) is 5.95 Å². The van der Waals surface area contributed by atoms with Gasteiger partial charge in [0.25, 0.3) is 0 Å². The summed E-state index contributed by atoms with van der Waals surface area (Å²) in [5.41, 5.74) is 3.30. The number of aromatic nitrogens is 2. The smallest absolute Gasteiger partial charge is 0.229 e. The highest BCUT2D eigenvalue weighted by Gasteiger charge is 2.18. The molecule has 1 saturated carbocycles. The van der Waals surface area contributed by atoms with Crippen LogP contribution in [0.15, 0.2) is 18.3 Å². The first-order chi connectivity index (χ1) is 16.0. The van der Waals surface area contributed by atoms with Crippen LogP contribution in [-0.4, -0.2) is 54.2 Å². The van der Waals surface area contributed by atoms with Crippen LogP contribution >= 0.6 is 11.6 Å². The van der Waals surface area contributed by atoms with Crippen molar-refractivity contribution < 1.29 is 4.74 Å². The quantitative estimate of drug-likeness (QED) is 0.492. The first-order valence-corrected chi connectivity index (χ1v) is 12.5. The molecule has 3 N–H and O–H groups in total. The molecule has 2 fully saturated rings. The molecule has 0 radical (unpaired) electrons. The Kier molecular flexibility index (Phi) is 8.28. The number of nitrogens with zero attached hydrogens (tertiary/aromatic N) is 3. The first kappa shape index (κ1) is 24.0. The molecule has 180 valence electrons. The normalized spacial score (nSPS) is 18.3. The van der Waals surface area contributed by atoms with Gasteiger partial charge in [0.15, 0.2) is 5.82 Å². The molecule has 1 aliphatic heterocycles. The Hall–Kier alpha value is -2.09. The molecule has 8 heteroatoms. The predicted molar refractivity (Wildman–Crippen MR) is 136 cm³/mol. The van der Waals surface area contributed by atoms with Crippen molar-refractivity contribution in [3.63, 3.8) is 0 Å². The molecule has 2 aromatic rings. The van der Waals surface area contributed by atoms with E-state index in [1.165, 1.54) is 43.2 Å². The van der Waals surface area contributed by atoms with Crippen molar-refractivity contribution in [3.8, 4) is 5.75 Å². The van der Waals surface area contributed by atoms with Gasteiger partial charge in [-0.3, -0.25) is 0 Å². The fourth-order valence-corrected chi connectivity index (χ4v) is 4.89. The topological polar surface area (TPSA) is 74.3 Å². The summed E-state index contributed by atoms with van der Waals surface area (Å²) in [6.07, 6.45) is 10.2. The summed E-state index contributed by atoms with van der Waals surface area (Å²) in [6.45, 7) is 5.28. The van der Waals surface area contributed by atoms with Gasteiger partial charge in [-0.1, -0.05) is 30.9 Å². The zero-order chi connectivity index (χ0) is 23.2. The van der Waals surface area contributed by atoms with E-state index in [4.69, 9.17) is 16.3 Å². The number of halogens is 1. The molecular formula is C25H37ClN6O. The number of hydrogen-bond donors (Lipinski definition) is 3. The zero-order valence-corrected chi connectivity index (χ0v) is 20.8. The third-order valence-corrected chi connectivity index (χ3v) is 7.17. The number of nitrogens with one attached hydrogen (secondary N) is 3. The summed E-state index contributed by atoms with van der Waals surface area (Å²) in [5, 5.41) is 11.1. The van der Waals surface area contributed by atoms with Crippen LogP contribution in [0, 0.1) is 6.92 Å². The van der Waals surface area contributed by atoms with Crippen LogP contribution in [0.3, 0.4) is 0 Å². The van der Waals surface area contributed by atoms with E-state index in [9.17, 15) is 0 Å². The molecule has 2 aliphatic rings. The van der Waals surface area contributed by atoms with Crippen LogP contribution < -0.4 is 20.7 Å². The van der Waals surface area contributed by atoms with Crippen LogP contribution in [0.5, 0.6) is 5.75 Å². The number of likely N-dealkylation sites (tertiary alicyclic amines) is 1. The Morgan fingerprint density at radius 2 is 1.85 bits per heavy atom. The van der Waals surface area contributed by atoms with Gasteiger partial charge in [0, 0.05) is 18.6 Å². The van der Waals surface area contributed by atoms with Gasteiger partial charge in [-0.05, 0) is 76.0 Å². The highest BCUT2D eigenvalue weighted by atomic mass is 35.5. The first-order valence-electron chi connectivity index (χ1n) is 12.2. The van der Waals surface area contributed by atoms with E-state index >= 15 is 0 Å². The highest BCUT2D eigenvalue weighted by molar-refractivity contribution is 6.32. The fraction of sp³-hybridized carbons (Fsp3) is 0.600. The molecule has 1 aromatic heterocycles. The van der Waals surface area contributed by atoms with Crippen molar-refractivity contribution >= 4 is 29.1 Å². The van der Waals surface area contributed by atoms with Crippen molar-refractivity contribution in [1.29, 1.82) is 0 Å². The lowest BCUT2D eigenvalue weighted by molar-refractivity contribution is 0.234. The maximum Gasteiger partial charge on any atom is 0.229 e. The third-order valence-electron chi connectivity index (χ3n) is 6.89. The lowest BCUT2D eigenvalue weighted by atomic mass is 9.95. The van der Waals surface area contributed by atoms with E-state index in [-0.39, 0.29) is 0 Å². The monoisotopic (exact) mass is 472 g/mol. The molecule has 0 unspecified atom stereocenters. The number of anilines is 3. The number of aryl methyl sites for hydroxylation is 1. The molecule has 0 spiro atoms. The maximum absolute atomic E-state index is 6.38. The second kappa shape index (κ2) is 11.4. The number of hydrogen-bond acceptors (Lipinski definition) is 7. The van der Waals surface area contributed by atoms with Crippen molar-refractivity contribution in [1.82, 2.24) is 20.2 Å². The summed E-state index contributed by atoms with van der Waals surface area (Å²) >= 11 is 6.38. The number of rotatable bonds is 8. The minimum atomic E-state index is 0.423. The molecule has 2 heterocycles. The summed E-state index contributed by atoms with van der Waals surface area (Å²) < 4.78 is 5.70. The molecule has 0 bridgehead atoms. The number of methoxy groups -OCH3 is 1. The van der Waals surface area contributed by atoms with Crippen molar-refractivity contribution in [2.75, 3.05) is 37.9 Å². The van der Waals surface area contributed by atoms with Gasteiger partial charge in [-0.2, -0.15) is 4.98 Å². The number of piperidine rings is 1. The van der Waals surface area contributed by atoms with Gasteiger partial charge < -0.3 is 25.6 Å². The second-order valence-corrected chi connectivity index (χ2v) is 9.84. The Bertz CT molecular complexity index is 925. The van der Waals surface area contributed by atoms with Gasteiger partial charge in [-0.25, -0.2) is 4.98 Å². The van der Waals surface area contributed by atoms with Gasteiger partial charge in [0.05, 0.1) is 19.0 Å². The average molecular weight is 473 g/mol. The van der Waals surface area contributed by atoms with E-state index in [1.807, 2.05) is 0 Å². The SMILES string of the molecule is COc1cc(CNC2CCN(C)CC2)c(C)cc1Nc1ncc(Cl)c(NC2CCCCC2)n1. The van der Waals surface area contributed by atoms with Crippen LogP contribution in [0.1, 0.15) is 56.1 Å². The minimum Gasteiger partial charge on any atom is -0.495 e. The lowest BCUT2D eigenvalue weighted by Crippen LogP contribution is -2.40. The van der Waals surface area contributed by atoms with Crippen molar-refractivity contribution in [3.05, 3.63) is 34.5 Å². The Balaban J connectivity index is 1.44. The van der Waals surface area contributed by atoms with E-state index in [0.29, 0.717) is 28.9 Å². The fourth-order valence-electron chi connectivity index (χ4n) is 4.74. The van der Waals surface area contributed by atoms with Crippen molar-refractivity contribution in [2.45, 2.75) is 70.5 Å². The maximum atomic E-state index is 6.38. The van der Waals surface area contributed by atoms with E-state index < -0.39 is 0 Å². The molecule has 4 rings (SSSR count). The van der Waals surface area contributed by atoms with Crippen LogP contribution in [-0.2, 0) is 6.54 Å². The second-order valence-electron chi connectivity index (χ2n) is 9.43. The third kappa shape index (κ3) is 6.49. The largest absolute Gasteiger partial charge is 0.495 e. The Morgan fingerprint density at radius 1 is 1.09 bits per heavy atom. The average Bonchev–Trinajstić information content (AvgIpc) is 2.82. The van der Waals surface area contributed by atoms with Gasteiger partial charge in [-0.15, -0.1) is 0 Å². The molecule has 1 saturated heterocycles. The molecular weight excluding hydrogens is 436 g/mol. The van der Waals surface area contributed by atoms with E-state index in [2.05, 4.69) is 56.9 Å². The standard InChI is InChI=1S/C25H37ClN6O/c1-17-13-22(23(33-3)14-18(17)15-27-19-9-11-32(2)12-10-19)30-25-28-16-21(26)24(31-25)29-20-7-5-4-6-8-20/h13-14,16,19-20,27H,4-12,15H2,1-3H3,(H2,28,29,30,31). The van der Waals surface area contributed by atoms with Gasteiger partial charge >= 0.3 is 0 Å². The van der Waals surface area contributed by atoms with Crippen LogP contribution in [0.25, 0.3) is 0 Å². The molecule has 33 heavy (non-hydrogen) atoms. The van der Waals surface area contributed by atoms with Crippen LogP contribution in [0.2, 0.25) is 5.02 Å². The summed E-state index contributed by atoms with van der Waals surface area (Å²) in [4.78, 5) is 11.4. The Morgan fingerprint density at radius 3 is 2.58 bits per heavy atom. The molecule has 7 nitrogen and oxygen atoms in total. The van der Waals surface area contributed by atoms with Gasteiger partial charge in [0.1, 0.15) is 10.8 Å². The lowest BCUT2D eigenvalue weighted by Gasteiger charge is -2.29. The number of ether oxygens (including phenoxy) is 1. The molecule has 0 atom stereocenters. The summed E-state index contributed by atoms with van der Waals surface area (Å²) in [6, 6.07) is 5.21. The van der Waals surface area contributed by atoms with E-state index in [1.54, 1.807) is 13.3 Å². The summed E-state index contributed by atoms with van der Waals surface area (Å²) in [7, 11) is 3.89. The molecule has 1 aromatic carbocycles. The minimum absolute atomic E-state index is 0.423. The molecule has 0 amide bonds. The zero-order valence-electron chi connectivity index (χ0n) is 20.1. The predicted octanol–water partition coefficient (Wildman–Crippen LogP) is 5.12. The molecule has 1 aliphatic carbocycles. The van der Waals surface area contributed by atoms with E-state index in [0.717, 1.165) is 43.9 Å². The number of benzene rings is 1. The highest BCUT2D eigenvalue weighted by Crippen LogP contribution is 2.32. The van der Waals surface area contributed by atoms with Crippen LogP contribution in [0.4, 0.5) is 17.5 Å². The Labute approximate surface area is 202 Å².